The van der Waals surface area contributed by atoms with Crippen LogP contribution < -0.4 is 15.4 Å². The summed E-state index contributed by atoms with van der Waals surface area (Å²) < 4.78 is 0.645. The zero-order valence-electron chi connectivity index (χ0n) is 15.6. The average molecular weight is 423 g/mol. The molecule has 0 bridgehead atoms. The SMILES string of the molecule is O=c1[nH]c(N2CCN(c3ccccc3)CC2)nc2c(-c3cccc(Cl)c3)csc12. The molecule has 7 heteroatoms. The zero-order chi connectivity index (χ0) is 19.8. The van der Waals surface area contributed by atoms with Gasteiger partial charge in [0.15, 0.2) is 0 Å². The van der Waals surface area contributed by atoms with Crippen LogP contribution in [0.3, 0.4) is 0 Å². The molecule has 0 amide bonds. The third-order valence-corrected chi connectivity index (χ3v) is 6.45. The summed E-state index contributed by atoms with van der Waals surface area (Å²) in [6.07, 6.45) is 0. The van der Waals surface area contributed by atoms with E-state index in [1.54, 1.807) is 0 Å². The van der Waals surface area contributed by atoms with Crippen molar-refractivity contribution in [2.75, 3.05) is 36.0 Å². The Hall–Kier alpha value is -2.83. The highest BCUT2D eigenvalue weighted by Gasteiger charge is 2.21. The predicted molar refractivity (Wildman–Crippen MR) is 122 cm³/mol. The summed E-state index contributed by atoms with van der Waals surface area (Å²) >= 11 is 7.58. The molecule has 0 saturated carbocycles. The Bertz CT molecular complexity index is 1210. The Labute approximate surface area is 177 Å². The van der Waals surface area contributed by atoms with E-state index >= 15 is 0 Å². The first-order chi connectivity index (χ1) is 14.2. The lowest BCUT2D eigenvalue weighted by Crippen LogP contribution is -2.47. The van der Waals surface area contributed by atoms with E-state index in [1.165, 1.54) is 17.0 Å². The maximum absolute atomic E-state index is 12.7. The molecular weight excluding hydrogens is 404 g/mol. The highest BCUT2D eigenvalue weighted by Crippen LogP contribution is 2.33. The number of nitrogens with one attached hydrogen (secondary N) is 1. The van der Waals surface area contributed by atoms with Gasteiger partial charge in [0.05, 0.1) is 5.52 Å². The molecule has 1 aliphatic rings. The second-order valence-corrected chi connectivity index (χ2v) is 8.35. The van der Waals surface area contributed by atoms with E-state index in [-0.39, 0.29) is 5.56 Å². The molecule has 0 spiro atoms. The van der Waals surface area contributed by atoms with Crippen molar-refractivity contribution in [2.24, 2.45) is 0 Å². The molecule has 2 aromatic carbocycles. The minimum atomic E-state index is -0.0891. The van der Waals surface area contributed by atoms with Crippen LogP contribution in [0.5, 0.6) is 0 Å². The smallest absolute Gasteiger partial charge is 0.270 e. The number of aromatic nitrogens is 2. The number of fused-ring (bicyclic) bond motifs is 1. The number of hydrogen-bond acceptors (Lipinski definition) is 5. The lowest BCUT2D eigenvalue weighted by Gasteiger charge is -2.36. The third-order valence-electron chi connectivity index (χ3n) is 5.25. The van der Waals surface area contributed by atoms with Gasteiger partial charge in [-0.1, -0.05) is 41.9 Å². The van der Waals surface area contributed by atoms with Crippen molar-refractivity contribution in [1.82, 2.24) is 9.97 Å². The Kier molecular flexibility index (Phi) is 4.73. The monoisotopic (exact) mass is 422 g/mol. The summed E-state index contributed by atoms with van der Waals surface area (Å²) in [5.41, 5.74) is 3.80. The van der Waals surface area contributed by atoms with Gasteiger partial charge in [-0.2, -0.15) is 0 Å². The number of benzene rings is 2. The topological polar surface area (TPSA) is 52.2 Å². The van der Waals surface area contributed by atoms with E-state index in [1.807, 2.05) is 35.7 Å². The van der Waals surface area contributed by atoms with E-state index in [9.17, 15) is 4.79 Å². The summed E-state index contributed by atoms with van der Waals surface area (Å²) in [4.78, 5) is 25.0. The maximum Gasteiger partial charge on any atom is 0.270 e. The standard InChI is InChI=1S/C22H19ClN4OS/c23-16-6-4-5-15(13-16)18-14-29-20-19(18)24-22(25-21(20)28)27-11-9-26(10-12-27)17-7-2-1-3-8-17/h1-8,13-14H,9-12H2,(H,24,25,28). The van der Waals surface area contributed by atoms with E-state index in [4.69, 9.17) is 16.6 Å². The number of anilines is 2. The fourth-order valence-corrected chi connectivity index (χ4v) is 4.84. The minimum absolute atomic E-state index is 0.0891. The molecule has 0 atom stereocenters. The number of nitrogens with zero attached hydrogens (tertiary/aromatic N) is 3. The first-order valence-electron chi connectivity index (χ1n) is 9.51. The molecule has 0 aliphatic carbocycles. The number of para-hydroxylation sites is 1. The zero-order valence-corrected chi connectivity index (χ0v) is 17.2. The number of aromatic amines is 1. The molecule has 1 aliphatic heterocycles. The van der Waals surface area contributed by atoms with Crippen molar-refractivity contribution < 1.29 is 0 Å². The van der Waals surface area contributed by atoms with Crippen LogP contribution in [0.2, 0.25) is 5.02 Å². The fraction of sp³-hybridized carbons (Fsp3) is 0.182. The van der Waals surface area contributed by atoms with Crippen LogP contribution in [0.25, 0.3) is 21.3 Å². The van der Waals surface area contributed by atoms with Crippen LogP contribution >= 0.6 is 22.9 Å². The third kappa shape index (κ3) is 3.50. The van der Waals surface area contributed by atoms with Gasteiger partial charge in [-0.25, -0.2) is 4.98 Å². The Morgan fingerprint density at radius 3 is 2.48 bits per heavy atom. The molecular formula is C22H19ClN4OS. The summed E-state index contributed by atoms with van der Waals surface area (Å²) in [6.45, 7) is 3.38. The average Bonchev–Trinajstić information content (AvgIpc) is 3.19. The van der Waals surface area contributed by atoms with Crippen LogP contribution in [0, 0.1) is 0 Å². The fourth-order valence-electron chi connectivity index (χ4n) is 3.74. The lowest BCUT2D eigenvalue weighted by atomic mass is 10.1. The molecule has 5 rings (SSSR count). The highest BCUT2D eigenvalue weighted by atomic mass is 35.5. The van der Waals surface area contributed by atoms with Crippen molar-refractivity contribution in [3.63, 3.8) is 0 Å². The van der Waals surface area contributed by atoms with Gasteiger partial charge in [0.2, 0.25) is 5.95 Å². The van der Waals surface area contributed by atoms with Crippen LogP contribution in [-0.2, 0) is 0 Å². The van der Waals surface area contributed by atoms with Crippen molar-refractivity contribution in [1.29, 1.82) is 0 Å². The van der Waals surface area contributed by atoms with Gasteiger partial charge in [-0.3, -0.25) is 9.78 Å². The van der Waals surface area contributed by atoms with E-state index < -0.39 is 0 Å². The molecule has 1 fully saturated rings. The molecule has 1 saturated heterocycles. The van der Waals surface area contributed by atoms with Gasteiger partial charge in [0, 0.05) is 47.8 Å². The first-order valence-corrected chi connectivity index (χ1v) is 10.8. The first kappa shape index (κ1) is 18.2. The summed E-state index contributed by atoms with van der Waals surface area (Å²) in [5, 5.41) is 2.65. The number of piperazine rings is 1. The van der Waals surface area contributed by atoms with Gasteiger partial charge in [0.25, 0.3) is 5.56 Å². The Morgan fingerprint density at radius 1 is 0.966 bits per heavy atom. The molecule has 146 valence electrons. The summed E-state index contributed by atoms with van der Waals surface area (Å²) in [5.74, 6) is 0.636. The normalized spacial score (nSPS) is 14.5. The largest absolute Gasteiger partial charge is 0.368 e. The maximum atomic E-state index is 12.7. The number of H-pyrrole nitrogens is 1. The molecule has 0 unspecified atom stereocenters. The predicted octanol–water partition coefficient (Wildman–Crippen LogP) is 4.63. The van der Waals surface area contributed by atoms with Crippen LogP contribution in [0.15, 0.2) is 64.8 Å². The van der Waals surface area contributed by atoms with Crippen LogP contribution in [-0.4, -0.2) is 36.1 Å². The van der Waals surface area contributed by atoms with E-state index in [2.05, 4.69) is 39.0 Å². The molecule has 3 heterocycles. The molecule has 1 N–H and O–H groups in total. The highest BCUT2D eigenvalue weighted by molar-refractivity contribution is 7.17. The quantitative estimate of drug-likeness (QED) is 0.523. The van der Waals surface area contributed by atoms with E-state index in [0.29, 0.717) is 15.7 Å². The van der Waals surface area contributed by atoms with Crippen LogP contribution in [0.1, 0.15) is 0 Å². The second-order valence-electron chi connectivity index (χ2n) is 7.04. The van der Waals surface area contributed by atoms with Gasteiger partial charge in [-0.05, 0) is 29.8 Å². The van der Waals surface area contributed by atoms with Gasteiger partial charge in [0.1, 0.15) is 4.70 Å². The Balaban J connectivity index is 1.46. The van der Waals surface area contributed by atoms with Crippen molar-refractivity contribution in [2.45, 2.75) is 0 Å². The molecule has 0 radical (unpaired) electrons. The van der Waals surface area contributed by atoms with Crippen molar-refractivity contribution >= 4 is 44.8 Å². The van der Waals surface area contributed by atoms with Gasteiger partial charge >= 0.3 is 0 Å². The van der Waals surface area contributed by atoms with Gasteiger partial charge < -0.3 is 9.80 Å². The number of thiophene rings is 1. The summed E-state index contributed by atoms with van der Waals surface area (Å²) in [6, 6.07) is 18.1. The van der Waals surface area contributed by atoms with Crippen LogP contribution in [0.4, 0.5) is 11.6 Å². The number of halogens is 1. The van der Waals surface area contributed by atoms with Crippen molar-refractivity contribution in [3.05, 3.63) is 75.4 Å². The van der Waals surface area contributed by atoms with Gasteiger partial charge in [-0.15, -0.1) is 11.3 Å². The molecule has 2 aromatic heterocycles. The number of rotatable bonds is 3. The number of hydrogen-bond donors (Lipinski definition) is 1. The summed E-state index contributed by atoms with van der Waals surface area (Å²) in [7, 11) is 0. The second kappa shape index (κ2) is 7.54. The molecule has 4 aromatic rings. The Morgan fingerprint density at radius 2 is 1.72 bits per heavy atom. The lowest BCUT2D eigenvalue weighted by molar-refractivity contribution is 0.640. The minimum Gasteiger partial charge on any atom is -0.368 e. The molecule has 5 nitrogen and oxygen atoms in total. The molecule has 29 heavy (non-hydrogen) atoms. The van der Waals surface area contributed by atoms with Crippen molar-refractivity contribution in [3.8, 4) is 11.1 Å². The van der Waals surface area contributed by atoms with E-state index in [0.717, 1.165) is 42.8 Å².